The molecular weight excluding hydrogens is 354 g/mol. The summed E-state index contributed by atoms with van der Waals surface area (Å²) in [6.45, 7) is 0.817. The number of rotatable bonds is 3. The minimum atomic E-state index is -0.789. The molecule has 2 aromatic rings. The summed E-state index contributed by atoms with van der Waals surface area (Å²) < 4.78 is 0. The Hall–Kier alpha value is -3.23. The number of hydrogen-bond donors (Lipinski definition) is 2. The van der Waals surface area contributed by atoms with Crippen LogP contribution >= 0.6 is 0 Å². The monoisotopic (exact) mass is 371 g/mol. The van der Waals surface area contributed by atoms with Crippen molar-refractivity contribution in [3.63, 3.8) is 0 Å². The van der Waals surface area contributed by atoms with Crippen LogP contribution in [0.4, 0.5) is 5.69 Å². The molecule has 9 nitrogen and oxygen atoms in total. The second kappa shape index (κ2) is 5.90. The van der Waals surface area contributed by atoms with Crippen LogP contribution < -0.4 is 5.56 Å². The van der Waals surface area contributed by atoms with Gasteiger partial charge in [-0.15, -0.1) is 0 Å². The number of nitrogens with one attached hydrogen (secondary N) is 1. The molecule has 1 aromatic heterocycles. The molecule has 1 atom stereocenters. The number of nitrogens with zero attached hydrogens (tertiary/aromatic N) is 2. The largest absolute Gasteiger partial charge is 0.481 e. The summed E-state index contributed by atoms with van der Waals surface area (Å²) >= 11 is 0. The fourth-order valence-corrected chi connectivity index (χ4v) is 4.11. The summed E-state index contributed by atoms with van der Waals surface area (Å²) in [5.74, 6) is -1.49. The summed E-state index contributed by atoms with van der Waals surface area (Å²) in [4.78, 5) is 50.7. The number of aromatic nitrogens is 1. The molecule has 2 fully saturated rings. The fourth-order valence-electron chi connectivity index (χ4n) is 4.11. The van der Waals surface area contributed by atoms with Gasteiger partial charge in [-0.3, -0.25) is 24.5 Å². The third kappa shape index (κ3) is 2.84. The number of carboxylic acid groups (broad SMARTS) is 1. The van der Waals surface area contributed by atoms with Crippen LogP contribution in [0.2, 0.25) is 0 Å². The van der Waals surface area contributed by atoms with E-state index in [1.807, 2.05) is 0 Å². The van der Waals surface area contributed by atoms with E-state index in [0.29, 0.717) is 43.3 Å². The number of nitro benzene ring substituents is 1. The quantitative estimate of drug-likeness (QED) is 0.624. The highest BCUT2D eigenvalue weighted by atomic mass is 16.6. The number of H-pyrrole nitrogens is 1. The van der Waals surface area contributed by atoms with E-state index in [0.717, 1.165) is 6.07 Å². The lowest BCUT2D eigenvalue weighted by molar-refractivity contribution is -0.384. The number of pyridine rings is 1. The maximum atomic E-state index is 13.0. The number of benzene rings is 1. The van der Waals surface area contributed by atoms with Crippen molar-refractivity contribution in [1.29, 1.82) is 0 Å². The SMILES string of the molecule is O=C(O)C1CC12CCN(C(=O)c1cc(=O)[nH]c3ccc([N+](=O)[O-])cc13)CC2. The van der Waals surface area contributed by atoms with Gasteiger partial charge in [0.25, 0.3) is 11.6 Å². The Labute approximate surface area is 152 Å². The smallest absolute Gasteiger partial charge is 0.307 e. The number of fused-ring (bicyclic) bond motifs is 1. The summed E-state index contributed by atoms with van der Waals surface area (Å²) in [5.41, 5.74) is -0.348. The summed E-state index contributed by atoms with van der Waals surface area (Å²) in [6.07, 6.45) is 1.86. The summed E-state index contributed by atoms with van der Waals surface area (Å²) in [5, 5.41) is 20.5. The molecule has 1 spiro atoms. The second-order valence-electron chi connectivity index (χ2n) is 7.28. The topological polar surface area (TPSA) is 134 Å². The van der Waals surface area contributed by atoms with E-state index in [1.165, 1.54) is 18.2 Å². The van der Waals surface area contributed by atoms with E-state index >= 15 is 0 Å². The van der Waals surface area contributed by atoms with Crippen LogP contribution in [-0.2, 0) is 4.79 Å². The minimum Gasteiger partial charge on any atom is -0.481 e. The molecular formula is C18H17N3O6. The molecule has 0 bridgehead atoms. The van der Waals surface area contributed by atoms with Gasteiger partial charge in [0.2, 0.25) is 5.56 Å². The van der Waals surface area contributed by atoms with Crippen LogP contribution in [0, 0.1) is 21.4 Å². The third-order valence-electron chi connectivity index (χ3n) is 5.80. The number of amides is 1. The molecule has 27 heavy (non-hydrogen) atoms. The fraction of sp³-hybridized carbons (Fsp3) is 0.389. The number of hydrogen-bond acceptors (Lipinski definition) is 5. The molecule has 1 saturated carbocycles. The average molecular weight is 371 g/mol. The lowest BCUT2D eigenvalue weighted by Crippen LogP contribution is -2.40. The van der Waals surface area contributed by atoms with Gasteiger partial charge in [-0.1, -0.05) is 0 Å². The average Bonchev–Trinajstić information content (AvgIpc) is 3.34. The van der Waals surface area contributed by atoms with Crippen LogP contribution in [0.15, 0.2) is 29.1 Å². The lowest BCUT2D eigenvalue weighted by Gasteiger charge is -2.32. The van der Waals surface area contributed by atoms with Crippen molar-refractivity contribution in [2.75, 3.05) is 13.1 Å². The minimum absolute atomic E-state index is 0.124. The molecule has 1 saturated heterocycles. The Morgan fingerprint density at radius 3 is 2.56 bits per heavy atom. The van der Waals surface area contributed by atoms with Gasteiger partial charge >= 0.3 is 5.97 Å². The first-order valence-electron chi connectivity index (χ1n) is 8.64. The molecule has 140 valence electrons. The van der Waals surface area contributed by atoms with Crippen molar-refractivity contribution in [2.45, 2.75) is 19.3 Å². The summed E-state index contributed by atoms with van der Waals surface area (Å²) in [7, 11) is 0. The molecule has 2 N–H and O–H groups in total. The molecule has 1 aliphatic carbocycles. The highest BCUT2D eigenvalue weighted by Crippen LogP contribution is 2.59. The molecule has 1 aliphatic heterocycles. The van der Waals surface area contributed by atoms with E-state index in [4.69, 9.17) is 5.11 Å². The molecule has 1 amide bonds. The van der Waals surface area contributed by atoms with Crippen LogP contribution in [0.25, 0.3) is 10.9 Å². The normalized spacial score (nSPS) is 20.6. The highest BCUT2D eigenvalue weighted by molar-refractivity contribution is 6.06. The molecule has 1 aromatic carbocycles. The third-order valence-corrected chi connectivity index (χ3v) is 5.80. The van der Waals surface area contributed by atoms with Gasteiger partial charge in [0.05, 0.1) is 16.4 Å². The first-order valence-corrected chi connectivity index (χ1v) is 8.64. The lowest BCUT2D eigenvalue weighted by atomic mass is 9.90. The van der Waals surface area contributed by atoms with Crippen molar-refractivity contribution < 1.29 is 19.6 Å². The first kappa shape index (κ1) is 17.2. The zero-order valence-electron chi connectivity index (χ0n) is 14.3. The number of nitro groups is 1. The zero-order valence-corrected chi connectivity index (χ0v) is 14.3. The Balaban J connectivity index is 1.63. The number of aromatic amines is 1. The van der Waals surface area contributed by atoms with E-state index in [-0.39, 0.29) is 28.5 Å². The van der Waals surface area contributed by atoms with Crippen molar-refractivity contribution in [3.8, 4) is 0 Å². The van der Waals surface area contributed by atoms with Crippen LogP contribution in [-0.4, -0.2) is 44.9 Å². The predicted octanol–water partition coefficient (Wildman–Crippen LogP) is 1.76. The number of carboxylic acids is 1. The van der Waals surface area contributed by atoms with E-state index in [1.54, 1.807) is 4.90 Å². The van der Waals surface area contributed by atoms with Crippen molar-refractivity contribution in [2.24, 2.45) is 11.3 Å². The zero-order chi connectivity index (χ0) is 19.3. The Kier molecular flexibility index (Phi) is 3.76. The molecule has 4 rings (SSSR count). The first-order chi connectivity index (χ1) is 12.8. The number of non-ortho nitro benzene ring substituents is 1. The van der Waals surface area contributed by atoms with Crippen molar-refractivity contribution >= 4 is 28.5 Å². The Morgan fingerprint density at radius 2 is 1.96 bits per heavy atom. The van der Waals surface area contributed by atoms with Gasteiger partial charge in [0, 0.05) is 42.2 Å². The molecule has 0 radical (unpaired) electrons. The Morgan fingerprint density at radius 1 is 1.26 bits per heavy atom. The van der Waals surface area contributed by atoms with Gasteiger partial charge in [0.15, 0.2) is 0 Å². The molecule has 2 aliphatic rings. The van der Waals surface area contributed by atoms with Gasteiger partial charge < -0.3 is 15.0 Å². The van der Waals surface area contributed by atoms with Crippen LogP contribution in [0.3, 0.4) is 0 Å². The maximum Gasteiger partial charge on any atom is 0.307 e. The van der Waals surface area contributed by atoms with Crippen LogP contribution in [0.1, 0.15) is 29.6 Å². The number of piperidine rings is 1. The number of likely N-dealkylation sites (tertiary alicyclic amines) is 1. The molecule has 2 heterocycles. The van der Waals surface area contributed by atoms with Crippen molar-refractivity contribution in [1.82, 2.24) is 9.88 Å². The van der Waals surface area contributed by atoms with E-state index in [2.05, 4.69) is 4.98 Å². The van der Waals surface area contributed by atoms with Gasteiger partial charge in [0.1, 0.15) is 0 Å². The molecule has 9 heteroatoms. The number of aliphatic carboxylic acids is 1. The highest BCUT2D eigenvalue weighted by Gasteiger charge is 2.59. The Bertz CT molecular complexity index is 1040. The van der Waals surface area contributed by atoms with E-state index in [9.17, 15) is 24.5 Å². The van der Waals surface area contributed by atoms with Crippen LogP contribution in [0.5, 0.6) is 0 Å². The van der Waals surface area contributed by atoms with E-state index < -0.39 is 16.5 Å². The second-order valence-corrected chi connectivity index (χ2v) is 7.28. The standard InChI is InChI=1S/C18H17N3O6/c22-15-8-12(11-7-10(21(26)27)1-2-14(11)19-15)16(23)20-5-3-18(4-6-20)9-13(18)17(24)25/h1-2,7-8,13H,3-6,9H2,(H,19,22)(H,24,25). The van der Waals surface area contributed by atoms with Gasteiger partial charge in [-0.2, -0.15) is 0 Å². The predicted molar refractivity (Wildman–Crippen MR) is 94.5 cm³/mol. The number of carbonyl (C=O) groups excluding carboxylic acids is 1. The summed E-state index contributed by atoms with van der Waals surface area (Å²) in [6, 6.07) is 5.13. The van der Waals surface area contributed by atoms with Gasteiger partial charge in [-0.25, -0.2) is 0 Å². The van der Waals surface area contributed by atoms with Crippen molar-refractivity contribution in [3.05, 3.63) is 50.3 Å². The number of carbonyl (C=O) groups is 2. The van der Waals surface area contributed by atoms with Gasteiger partial charge in [-0.05, 0) is 30.7 Å². The maximum absolute atomic E-state index is 13.0. The molecule has 1 unspecified atom stereocenters.